The van der Waals surface area contributed by atoms with Crippen molar-refractivity contribution in [2.24, 2.45) is 0 Å². The molecule has 0 unspecified atom stereocenters. The monoisotopic (exact) mass is 854 g/mol. The third kappa shape index (κ3) is 5.73. The molecule has 0 aliphatic heterocycles. The fraction of sp³-hybridized carbons (Fsp3) is 0. The number of para-hydroxylation sites is 3. The van der Waals surface area contributed by atoms with Crippen LogP contribution >= 0.6 is 0 Å². The lowest BCUT2D eigenvalue weighted by Gasteiger charge is -2.13. The summed E-state index contributed by atoms with van der Waals surface area (Å²) >= 11 is 0. The van der Waals surface area contributed by atoms with E-state index in [-0.39, 0.29) is 0 Å². The summed E-state index contributed by atoms with van der Waals surface area (Å²) in [5.41, 5.74) is 13.0. The van der Waals surface area contributed by atoms with Gasteiger partial charge in [0.1, 0.15) is 0 Å². The van der Waals surface area contributed by atoms with Crippen LogP contribution in [0, 0.1) is 0 Å². The average Bonchev–Trinajstić information content (AvgIpc) is 4.05. The minimum atomic E-state index is 0.571. The van der Waals surface area contributed by atoms with Crippen molar-refractivity contribution < 1.29 is 0 Å². The van der Waals surface area contributed by atoms with Crippen molar-refractivity contribution >= 4 is 76.2 Å². The maximum atomic E-state index is 5.21. The Bertz CT molecular complexity index is 4190. The summed E-state index contributed by atoms with van der Waals surface area (Å²) in [6.07, 6.45) is 0. The van der Waals surface area contributed by atoms with Crippen molar-refractivity contribution in [1.82, 2.24) is 28.7 Å². The summed E-state index contributed by atoms with van der Waals surface area (Å²) in [7, 11) is 0. The lowest BCUT2D eigenvalue weighted by molar-refractivity contribution is 0.953. The van der Waals surface area contributed by atoms with E-state index in [9.17, 15) is 0 Å². The number of rotatable bonds is 6. The quantitative estimate of drug-likeness (QED) is 0.167. The predicted molar refractivity (Wildman–Crippen MR) is 277 cm³/mol. The summed E-state index contributed by atoms with van der Waals surface area (Å²) in [5.74, 6) is 1.82. The van der Waals surface area contributed by atoms with Crippen LogP contribution in [-0.2, 0) is 0 Å². The summed E-state index contributed by atoms with van der Waals surface area (Å²) in [4.78, 5) is 15.4. The smallest absolute Gasteiger partial charge is 0.238 e. The normalized spacial score (nSPS) is 11.9. The van der Waals surface area contributed by atoms with Crippen molar-refractivity contribution in [3.05, 3.63) is 231 Å². The predicted octanol–water partition coefficient (Wildman–Crippen LogP) is 15.3. The molecule has 0 saturated carbocycles. The fourth-order valence-corrected chi connectivity index (χ4v) is 10.5. The Morgan fingerprint density at radius 3 is 1.37 bits per heavy atom. The number of hydrogen-bond acceptors (Lipinski definition) is 3. The van der Waals surface area contributed by atoms with Gasteiger partial charge in [0.05, 0.1) is 33.1 Å². The van der Waals surface area contributed by atoms with Gasteiger partial charge in [-0.05, 0) is 70.4 Å². The Hall–Kier alpha value is -9.13. The zero-order valence-electron chi connectivity index (χ0n) is 36.1. The summed E-state index contributed by atoms with van der Waals surface area (Å²) in [6, 6.07) is 82.2. The van der Waals surface area contributed by atoms with Crippen LogP contribution < -0.4 is 0 Å². The number of aromatic nitrogens is 6. The fourth-order valence-electron chi connectivity index (χ4n) is 10.5. The highest BCUT2D eigenvalue weighted by atomic mass is 15.2. The molecule has 0 saturated heterocycles. The Kier molecular flexibility index (Phi) is 8.18. The zero-order chi connectivity index (χ0) is 44.0. The van der Waals surface area contributed by atoms with Gasteiger partial charge in [-0.3, -0.25) is 4.57 Å². The summed E-state index contributed by atoms with van der Waals surface area (Å²) < 4.78 is 7.16. The van der Waals surface area contributed by atoms with Crippen LogP contribution in [0.1, 0.15) is 0 Å². The highest BCUT2D eigenvalue weighted by Crippen LogP contribution is 2.45. The van der Waals surface area contributed by atoms with Gasteiger partial charge in [0.15, 0.2) is 11.6 Å². The van der Waals surface area contributed by atoms with Crippen molar-refractivity contribution in [3.63, 3.8) is 0 Å². The van der Waals surface area contributed by atoms with Gasteiger partial charge >= 0.3 is 0 Å². The number of benzene rings is 10. The van der Waals surface area contributed by atoms with E-state index in [0.29, 0.717) is 17.6 Å². The molecule has 312 valence electrons. The second-order valence-corrected chi connectivity index (χ2v) is 17.2. The van der Waals surface area contributed by atoms with Gasteiger partial charge in [-0.15, -0.1) is 0 Å². The van der Waals surface area contributed by atoms with Crippen LogP contribution in [0.15, 0.2) is 231 Å². The van der Waals surface area contributed by atoms with Gasteiger partial charge in [0.2, 0.25) is 5.95 Å². The molecular formula is C61H38N6. The molecule has 6 heteroatoms. The van der Waals surface area contributed by atoms with Gasteiger partial charge in [-0.1, -0.05) is 182 Å². The minimum absolute atomic E-state index is 0.571. The van der Waals surface area contributed by atoms with Crippen molar-refractivity contribution in [1.29, 1.82) is 0 Å². The molecule has 14 rings (SSSR count). The first kappa shape index (κ1) is 37.3. The minimum Gasteiger partial charge on any atom is -0.307 e. The zero-order valence-corrected chi connectivity index (χ0v) is 36.1. The van der Waals surface area contributed by atoms with E-state index in [1.807, 2.05) is 36.4 Å². The van der Waals surface area contributed by atoms with Crippen LogP contribution in [-0.4, -0.2) is 28.7 Å². The Labute approximate surface area is 384 Å². The number of nitrogens with zero attached hydrogens (tertiary/aromatic N) is 6. The molecule has 0 amide bonds. The second-order valence-electron chi connectivity index (χ2n) is 17.2. The molecule has 0 atom stereocenters. The summed E-state index contributed by atoms with van der Waals surface area (Å²) in [5, 5.41) is 9.64. The maximum absolute atomic E-state index is 5.21. The van der Waals surface area contributed by atoms with Gasteiger partial charge in [-0.25, -0.2) is 4.98 Å². The van der Waals surface area contributed by atoms with Crippen molar-refractivity contribution in [3.8, 4) is 51.2 Å². The molecule has 0 radical (unpaired) electrons. The highest BCUT2D eigenvalue weighted by molar-refractivity contribution is 6.28. The molecule has 67 heavy (non-hydrogen) atoms. The first-order valence-electron chi connectivity index (χ1n) is 22.7. The third-order valence-electron chi connectivity index (χ3n) is 13.5. The van der Waals surface area contributed by atoms with Gasteiger partial charge in [0.25, 0.3) is 0 Å². The van der Waals surface area contributed by atoms with Crippen LogP contribution in [0.2, 0.25) is 0 Å². The average molecular weight is 855 g/mol. The molecule has 0 fully saturated rings. The SMILES string of the molecule is c1ccc(-c2nc(-c3ccccc3)nc(-n3c4ccccc4c4ccc(-c5ccc6c7ccc8c9c%10ccccc%10ccc9n(-c9ccccc9)c8c7n(-c7ccccc7)c6c5)cc43)n2)cc1. The molecule has 0 N–H and O–H groups in total. The molecular weight excluding hydrogens is 817 g/mol. The van der Waals surface area contributed by atoms with E-state index < -0.39 is 0 Å². The molecule has 4 aromatic heterocycles. The molecule has 14 aromatic rings. The van der Waals surface area contributed by atoms with Crippen molar-refractivity contribution in [2.75, 3.05) is 0 Å². The van der Waals surface area contributed by atoms with E-state index in [0.717, 1.165) is 61.0 Å². The van der Waals surface area contributed by atoms with Crippen LogP contribution in [0.25, 0.3) is 127 Å². The first-order chi connectivity index (χ1) is 33.2. The molecule has 6 nitrogen and oxygen atoms in total. The topological polar surface area (TPSA) is 53.5 Å². The van der Waals surface area contributed by atoms with Crippen molar-refractivity contribution in [2.45, 2.75) is 0 Å². The standard InChI is InChI=1S/C61H38N6/c1-5-18-40(19-6-1)59-62-60(41-20-7-2-8-21-41)64-61(63-59)67-52-28-16-15-27-47(52)48-32-29-43(38-55(48)67)42-30-33-49-50-34-35-51-56-46-26-14-13-17-39(46)31-36-53(56)65(44-22-9-3-10-23-44)58(51)57(50)66(54(49)37-42)45-24-11-4-12-25-45/h1-38H. The van der Waals surface area contributed by atoms with Crippen LogP contribution in [0.3, 0.4) is 0 Å². The molecule has 0 bridgehead atoms. The molecule has 0 aliphatic carbocycles. The second kappa shape index (κ2) is 14.7. The maximum Gasteiger partial charge on any atom is 0.238 e. The van der Waals surface area contributed by atoms with E-state index in [2.05, 4.69) is 208 Å². The van der Waals surface area contributed by atoms with Gasteiger partial charge < -0.3 is 9.13 Å². The summed E-state index contributed by atoms with van der Waals surface area (Å²) in [6.45, 7) is 0. The molecule has 4 heterocycles. The first-order valence-corrected chi connectivity index (χ1v) is 22.7. The Morgan fingerprint density at radius 1 is 0.269 bits per heavy atom. The van der Waals surface area contributed by atoms with Crippen LogP contribution in [0.4, 0.5) is 0 Å². The third-order valence-corrected chi connectivity index (χ3v) is 13.5. The van der Waals surface area contributed by atoms with E-state index in [1.165, 1.54) is 48.9 Å². The number of fused-ring (bicyclic) bond motifs is 12. The molecule has 0 aliphatic rings. The van der Waals surface area contributed by atoms with E-state index in [4.69, 9.17) is 15.0 Å². The Morgan fingerprint density at radius 2 is 0.731 bits per heavy atom. The molecule has 10 aromatic carbocycles. The number of hydrogen-bond donors (Lipinski definition) is 0. The van der Waals surface area contributed by atoms with E-state index in [1.54, 1.807) is 0 Å². The lowest BCUT2D eigenvalue weighted by atomic mass is 10.0. The van der Waals surface area contributed by atoms with Crippen LogP contribution in [0.5, 0.6) is 0 Å². The van der Waals surface area contributed by atoms with Gasteiger partial charge in [0, 0.05) is 54.8 Å². The molecule has 0 spiro atoms. The van der Waals surface area contributed by atoms with Gasteiger partial charge in [-0.2, -0.15) is 9.97 Å². The highest BCUT2D eigenvalue weighted by Gasteiger charge is 2.24. The lowest BCUT2D eigenvalue weighted by Crippen LogP contribution is -2.06. The largest absolute Gasteiger partial charge is 0.307 e. The van der Waals surface area contributed by atoms with E-state index >= 15 is 0 Å². The Balaban J connectivity index is 1.04.